The summed E-state index contributed by atoms with van der Waals surface area (Å²) in [4.78, 5) is 24.5. The second-order valence-electron chi connectivity index (χ2n) is 22.8. The van der Waals surface area contributed by atoms with Crippen LogP contribution in [0, 0.1) is 0 Å². The molecule has 0 rings (SSSR count). The van der Waals surface area contributed by atoms with E-state index in [4.69, 9.17) is 4.74 Å². The Morgan fingerprint density at radius 1 is 0.370 bits per heavy atom. The fourth-order valence-corrected chi connectivity index (χ4v) is 10.4. The SMILES string of the molecule is CCCCCCCC/C=C\CCCCCCCCCC(=O)OCCCCCCCCCCCCCCCCCCCCCCCCCCCCCCC(=O)NC(CO)C(O)/C=C/CCCCCCCCCCC. The third kappa shape index (κ3) is 59.4. The fourth-order valence-electron chi connectivity index (χ4n) is 10.4. The summed E-state index contributed by atoms with van der Waals surface area (Å²) in [5.74, 6) is -0.0493. The van der Waals surface area contributed by atoms with Gasteiger partial charge in [0.25, 0.3) is 0 Å². The van der Waals surface area contributed by atoms with Crippen LogP contribution in [0.1, 0.15) is 367 Å². The highest BCUT2D eigenvalue weighted by Gasteiger charge is 2.18. The number of aliphatic hydroxyl groups is 2. The molecule has 0 aromatic carbocycles. The Labute approximate surface area is 456 Å². The summed E-state index contributed by atoms with van der Waals surface area (Å²) >= 11 is 0. The number of ether oxygens (including phenoxy) is 1. The van der Waals surface area contributed by atoms with Gasteiger partial charge >= 0.3 is 5.97 Å². The largest absolute Gasteiger partial charge is 0.466 e. The fraction of sp³-hybridized carbons (Fsp3) is 0.910. The van der Waals surface area contributed by atoms with Crippen molar-refractivity contribution < 1.29 is 24.5 Å². The Hall–Kier alpha value is -1.66. The molecule has 0 bridgehead atoms. The van der Waals surface area contributed by atoms with Crippen molar-refractivity contribution >= 4 is 11.9 Å². The lowest BCUT2D eigenvalue weighted by Crippen LogP contribution is -2.45. The lowest BCUT2D eigenvalue weighted by atomic mass is 10.0. The van der Waals surface area contributed by atoms with Gasteiger partial charge in [-0.2, -0.15) is 0 Å². The highest BCUT2D eigenvalue weighted by molar-refractivity contribution is 5.76. The van der Waals surface area contributed by atoms with Crippen molar-refractivity contribution in [1.29, 1.82) is 0 Å². The van der Waals surface area contributed by atoms with Gasteiger partial charge in [0.1, 0.15) is 0 Å². The van der Waals surface area contributed by atoms with Crippen molar-refractivity contribution in [3.63, 3.8) is 0 Å². The van der Waals surface area contributed by atoms with E-state index in [1.807, 2.05) is 6.08 Å². The topological polar surface area (TPSA) is 95.9 Å². The maximum atomic E-state index is 12.4. The van der Waals surface area contributed by atoms with Crippen LogP contribution in [0.2, 0.25) is 0 Å². The van der Waals surface area contributed by atoms with Crippen LogP contribution >= 0.6 is 0 Å². The second kappa shape index (κ2) is 62.9. The van der Waals surface area contributed by atoms with E-state index >= 15 is 0 Å². The first kappa shape index (κ1) is 71.3. The summed E-state index contributed by atoms with van der Waals surface area (Å²) in [6, 6.07) is -0.623. The van der Waals surface area contributed by atoms with Gasteiger partial charge in [0.05, 0.1) is 25.4 Å². The van der Waals surface area contributed by atoms with Gasteiger partial charge in [0, 0.05) is 12.8 Å². The molecule has 73 heavy (non-hydrogen) atoms. The number of hydrogen-bond acceptors (Lipinski definition) is 5. The number of nitrogens with one attached hydrogen (secondary N) is 1. The van der Waals surface area contributed by atoms with Crippen molar-refractivity contribution in [3.8, 4) is 0 Å². The number of carbonyl (C=O) groups is 2. The minimum Gasteiger partial charge on any atom is -0.466 e. The lowest BCUT2D eigenvalue weighted by Gasteiger charge is -2.20. The summed E-state index contributed by atoms with van der Waals surface area (Å²) < 4.78 is 5.50. The quantitative estimate of drug-likeness (QED) is 0.0320. The molecule has 0 fully saturated rings. The van der Waals surface area contributed by atoms with Crippen LogP contribution in [-0.4, -0.2) is 47.4 Å². The van der Waals surface area contributed by atoms with Gasteiger partial charge in [-0.05, 0) is 57.8 Å². The predicted molar refractivity (Wildman–Crippen MR) is 320 cm³/mol. The van der Waals surface area contributed by atoms with E-state index in [2.05, 4.69) is 31.3 Å². The molecule has 6 nitrogen and oxygen atoms in total. The van der Waals surface area contributed by atoms with Crippen molar-refractivity contribution in [2.24, 2.45) is 0 Å². The number of rotatable bonds is 62. The molecule has 0 radical (unpaired) electrons. The van der Waals surface area contributed by atoms with Crippen LogP contribution in [0.5, 0.6) is 0 Å². The molecular formula is C67H129NO5. The molecule has 0 aliphatic heterocycles. The summed E-state index contributed by atoms with van der Waals surface area (Å²) in [6.45, 7) is 4.91. The normalized spacial score (nSPS) is 12.7. The Morgan fingerprint density at radius 2 is 0.644 bits per heavy atom. The Bertz CT molecular complexity index is 1140. The number of allylic oxidation sites excluding steroid dienone is 3. The van der Waals surface area contributed by atoms with E-state index in [1.165, 1.54) is 295 Å². The first-order valence-electron chi connectivity index (χ1n) is 33.1. The molecule has 0 heterocycles. The molecule has 0 aliphatic carbocycles. The van der Waals surface area contributed by atoms with E-state index < -0.39 is 12.1 Å². The van der Waals surface area contributed by atoms with Crippen molar-refractivity contribution in [2.75, 3.05) is 13.2 Å². The number of esters is 1. The van der Waals surface area contributed by atoms with Crippen LogP contribution in [0.4, 0.5) is 0 Å². The zero-order valence-corrected chi connectivity index (χ0v) is 49.4. The first-order valence-corrected chi connectivity index (χ1v) is 33.1. The first-order chi connectivity index (χ1) is 36.0. The molecule has 2 unspecified atom stereocenters. The molecule has 6 heteroatoms. The number of unbranched alkanes of at least 4 members (excludes halogenated alkanes) is 49. The minimum atomic E-state index is -0.840. The number of amides is 1. The van der Waals surface area contributed by atoms with E-state index in [0.29, 0.717) is 19.4 Å². The summed E-state index contributed by atoms with van der Waals surface area (Å²) in [5.41, 5.74) is 0. The van der Waals surface area contributed by atoms with Gasteiger partial charge in [-0.1, -0.05) is 321 Å². The minimum absolute atomic E-state index is 0.0155. The third-order valence-corrected chi connectivity index (χ3v) is 15.5. The van der Waals surface area contributed by atoms with Crippen LogP contribution < -0.4 is 5.32 Å². The zero-order valence-electron chi connectivity index (χ0n) is 49.4. The molecule has 1 amide bonds. The predicted octanol–water partition coefficient (Wildman–Crippen LogP) is 21.0. The van der Waals surface area contributed by atoms with E-state index in [9.17, 15) is 19.8 Å². The molecule has 0 saturated carbocycles. The number of aliphatic hydroxyl groups excluding tert-OH is 2. The summed E-state index contributed by atoms with van der Waals surface area (Å²) in [7, 11) is 0. The standard InChI is InChI=1S/C67H129NO5/c1-3-5-7-9-11-13-15-16-17-30-34-37-41-45-49-53-57-61-67(72)73-62-58-54-50-46-42-38-35-32-29-27-25-23-21-19-18-20-22-24-26-28-31-33-36-40-44-48-52-56-60-66(71)68-64(63-69)65(70)59-55-51-47-43-39-14-12-10-8-6-4-2/h16-17,55,59,64-65,69-70H,3-15,18-54,56-58,60-63H2,1-2H3,(H,68,71)/b17-16-,59-55+. The van der Waals surface area contributed by atoms with Crippen LogP contribution in [0.3, 0.4) is 0 Å². The molecule has 432 valence electrons. The molecular weight excluding hydrogens is 899 g/mol. The van der Waals surface area contributed by atoms with Gasteiger partial charge in [-0.25, -0.2) is 0 Å². The molecule has 0 aromatic rings. The second-order valence-corrected chi connectivity index (χ2v) is 22.8. The lowest BCUT2D eigenvalue weighted by molar-refractivity contribution is -0.143. The Morgan fingerprint density at radius 3 is 0.973 bits per heavy atom. The maximum Gasteiger partial charge on any atom is 0.305 e. The van der Waals surface area contributed by atoms with E-state index in [0.717, 1.165) is 44.9 Å². The van der Waals surface area contributed by atoms with Crippen LogP contribution in [0.25, 0.3) is 0 Å². The van der Waals surface area contributed by atoms with Crippen LogP contribution in [0.15, 0.2) is 24.3 Å². The van der Waals surface area contributed by atoms with Crippen LogP contribution in [-0.2, 0) is 14.3 Å². The van der Waals surface area contributed by atoms with Gasteiger partial charge in [-0.3, -0.25) is 9.59 Å². The Balaban J connectivity index is 3.32. The van der Waals surface area contributed by atoms with Crippen molar-refractivity contribution in [3.05, 3.63) is 24.3 Å². The molecule has 0 aliphatic rings. The molecule has 3 N–H and O–H groups in total. The highest BCUT2D eigenvalue weighted by atomic mass is 16.5. The Kier molecular flexibility index (Phi) is 61.4. The monoisotopic (exact) mass is 1030 g/mol. The molecule has 0 spiro atoms. The smallest absolute Gasteiger partial charge is 0.305 e. The zero-order chi connectivity index (χ0) is 52.9. The van der Waals surface area contributed by atoms with Gasteiger partial charge in [0.2, 0.25) is 5.91 Å². The van der Waals surface area contributed by atoms with Gasteiger partial charge < -0.3 is 20.3 Å². The molecule has 2 atom stereocenters. The average molecular weight is 1030 g/mol. The molecule has 0 saturated heterocycles. The van der Waals surface area contributed by atoms with E-state index in [1.54, 1.807) is 6.08 Å². The number of hydrogen-bond donors (Lipinski definition) is 3. The van der Waals surface area contributed by atoms with Crippen molar-refractivity contribution in [1.82, 2.24) is 5.32 Å². The molecule has 0 aromatic heterocycles. The third-order valence-electron chi connectivity index (χ3n) is 15.5. The highest BCUT2D eigenvalue weighted by Crippen LogP contribution is 2.18. The maximum absolute atomic E-state index is 12.4. The average Bonchev–Trinajstić information content (AvgIpc) is 3.39. The van der Waals surface area contributed by atoms with Gasteiger partial charge in [0.15, 0.2) is 0 Å². The van der Waals surface area contributed by atoms with E-state index in [-0.39, 0.29) is 18.5 Å². The summed E-state index contributed by atoms with van der Waals surface area (Å²) in [6.07, 6.45) is 78.2. The van der Waals surface area contributed by atoms with Crippen molar-refractivity contribution in [2.45, 2.75) is 379 Å². The summed E-state index contributed by atoms with van der Waals surface area (Å²) in [5, 5.41) is 23.0. The number of carbonyl (C=O) groups excluding carboxylic acids is 2. The van der Waals surface area contributed by atoms with Gasteiger partial charge in [-0.15, -0.1) is 0 Å².